The molecule has 0 N–H and O–H groups in total. The van der Waals surface area contributed by atoms with E-state index in [0.717, 1.165) is 12.1 Å². The third-order valence-corrected chi connectivity index (χ3v) is 4.34. The van der Waals surface area contributed by atoms with Crippen LogP contribution in [0.5, 0.6) is 0 Å². The maximum absolute atomic E-state index is 2.50. The van der Waals surface area contributed by atoms with Crippen LogP contribution >= 0.6 is 0 Å². The van der Waals surface area contributed by atoms with Gasteiger partial charge in [0, 0.05) is 6.42 Å². The lowest BCUT2D eigenvalue weighted by Crippen LogP contribution is -2.37. The zero-order chi connectivity index (χ0) is 9.31. The Morgan fingerprint density at radius 2 is 1.85 bits per heavy atom. The van der Waals surface area contributed by atoms with Gasteiger partial charge in [0.25, 0.3) is 0 Å². The van der Waals surface area contributed by atoms with E-state index >= 15 is 0 Å². The van der Waals surface area contributed by atoms with Gasteiger partial charge in [0.1, 0.15) is 12.6 Å². The quantitative estimate of drug-likeness (QED) is 0.465. The van der Waals surface area contributed by atoms with Gasteiger partial charge in [-0.1, -0.05) is 19.8 Å². The summed E-state index contributed by atoms with van der Waals surface area (Å²) in [6.45, 7) is 3.81. The van der Waals surface area contributed by atoms with Gasteiger partial charge in [-0.15, -0.1) is 0 Å². The maximum Gasteiger partial charge on any atom is 0.139 e. The highest BCUT2D eigenvalue weighted by Crippen LogP contribution is 2.40. The van der Waals surface area contributed by atoms with Gasteiger partial charge in [0.15, 0.2) is 0 Å². The summed E-state index contributed by atoms with van der Waals surface area (Å²) in [5, 5.41) is 0. The van der Waals surface area contributed by atoms with Crippen LogP contribution in [0.25, 0.3) is 0 Å². The van der Waals surface area contributed by atoms with Crippen molar-refractivity contribution in [2.24, 2.45) is 0 Å². The fourth-order valence-electron chi connectivity index (χ4n) is 3.24. The number of hydrogen-bond acceptors (Lipinski definition) is 0. The van der Waals surface area contributed by atoms with Gasteiger partial charge in [-0.25, -0.2) is 0 Å². The molecule has 0 spiro atoms. The summed E-state index contributed by atoms with van der Waals surface area (Å²) in [6, 6.07) is 2.07. The van der Waals surface area contributed by atoms with Crippen LogP contribution in [0, 0.1) is 0 Å². The minimum atomic E-state index is 1.03. The molecule has 0 radical (unpaired) electrons. The van der Waals surface area contributed by atoms with Crippen molar-refractivity contribution in [2.75, 3.05) is 13.6 Å². The Balaban J connectivity index is 1.86. The molecule has 2 rings (SSSR count). The first-order chi connectivity index (χ1) is 6.27. The highest BCUT2D eigenvalue weighted by molar-refractivity contribution is 4.79. The zero-order valence-electron chi connectivity index (χ0n) is 9.26. The van der Waals surface area contributed by atoms with Crippen molar-refractivity contribution >= 4 is 0 Å². The molecule has 1 aliphatic carbocycles. The second kappa shape index (κ2) is 3.61. The maximum atomic E-state index is 2.50. The van der Waals surface area contributed by atoms with Gasteiger partial charge in [-0.05, 0) is 25.7 Å². The molecular formula is C12H24N+. The lowest BCUT2D eigenvalue weighted by molar-refractivity contribution is -0.822. The van der Waals surface area contributed by atoms with Crippen molar-refractivity contribution in [1.82, 2.24) is 0 Å². The van der Waals surface area contributed by atoms with Crippen LogP contribution in [0.1, 0.15) is 51.9 Å². The normalized spacial score (nSPS) is 40.6. The predicted molar refractivity (Wildman–Crippen MR) is 56.6 cm³/mol. The average molecular weight is 182 g/mol. The molecule has 76 valence electrons. The lowest BCUT2D eigenvalue weighted by Gasteiger charge is -2.29. The standard InChI is InChI=1S/C12H24N/c1-3-7-12-10-13(12,2)11-8-5-4-6-9-11/h11-12H,3-10H2,1-2H3/q+1. The van der Waals surface area contributed by atoms with Crippen LogP contribution in [-0.4, -0.2) is 30.2 Å². The van der Waals surface area contributed by atoms with E-state index in [1.165, 1.54) is 56.0 Å². The summed E-state index contributed by atoms with van der Waals surface area (Å²) >= 11 is 0. The molecule has 1 nitrogen and oxygen atoms in total. The highest BCUT2D eigenvalue weighted by atomic mass is 15.5. The molecule has 0 aromatic heterocycles. The molecule has 1 heterocycles. The molecular weight excluding hydrogens is 158 g/mol. The van der Waals surface area contributed by atoms with E-state index in [1.54, 1.807) is 0 Å². The molecule has 2 atom stereocenters. The SMILES string of the molecule is CCCC1C[N+]1(C)C1CCCCC1. The van der Waals surface area contributed by atoms with E-state index in [4.69, 9.17) is 0 Å². The zero-order valence-corrected chi connectivity index (χ0v) is 9.26. The number of nitrogens with zero attached hydrogens (tertiary/aromatic N) is 1. The van der Waals surface area contributed by atoms with E-state index in [2.05, 4.69) is 14.0 Å². The highest BCUT2D eigenvalue weighted by Gasteiger charge is 2.54. The lowest BCUT2D eigenvalue weighted by atomic mass is 9.94. The minimum Gasteiger partial charge on any atom is -0.312 e. The van der Waals surface area contributed by atoms with Crippen LogP contribution in [0.2, 0.25) is 0 Å². The van der Waals surface area contributed by atoms with Gasteiger partial charge in [-0.2, -0.15) is 0 Å². The van der Waals surface area contributed by atoms with Crippen LogP contribution < -0.4 is 0 Å². The minimum absolute atomic E-state index is 1.03. The Labute approximate surface area is 82.7 Å². The Bertz CT molecular complexity index is 172. The number of hydrogen-bond donors (Lipinski definition) is 0. The molecule has 2 fully saturated rings. The largest absolute Gasteiger partial charge is 0.312 e. The van der Waals surface area contributed by atoms with Crippen molar-refractivity contribution in [2.45, 2.75) is 64.0 Å². The monoisotopic (exact) mass is 182 g/mol. The van der Waals surface area contributed by atoms with Crippen molar-refractivity contribution in [3.05, 3.63) is 0 Å². The summed E-state index contributed by atoms with van der Waals surface area (Å²) in [4.78, 5) is 0. The fraction of sp³-hybridized carbons (Fsp3) is 1.00. The Morgan fingerprint density at radius 1 is 1.15 bits per heavy atom. The van der Waals surface area contributed by atoms with E-state index in [1.807, 2.05) is 0 Å². The van der Waals surface area contributed by atoms with E-state index in [-0.39, 0.29) is 0 Å². The van der Waals surface area contributed by atoms with Crippen LogP contribution in [0.4, 0.5) is 0 Å². The summed E-state index contributed by atoms with van der Waals surface area (Å²) in [5.74, 6) is 0. The molecule has 0 aromatic rings. The third-order valence-electron chi connectivity index (χ3n) is 4.34. The van der Waals surface area contributed by atoms with Gasteiger partial charge < -0.3 is 4.48 Å². The van der Waals surface area contributed by atoms with E-state index in [0.29, 0.717) is 0 Å². The molecule has 1 heteroatoms. The molecule has 2 aliphatic rings. The summed E-state index contributed by atoms with van der Waals surface area (Å²) in [7, 11) is 2.50. The van der Waals surface area contributed by atoms with Gasteiger partial charge in [0.05, 0.1) is 13.1 Å². The fourth-order valence-corrected chi connectivity index (χ4v) is 3.24. The number of likely N-dealkylation sites (N-methyl/N-ethyl adjacent to an activating group) is 1. The van der Waals surface area contributed by atoms with Crippen LogP contribution in [0.3, 0.4) is 0 Å². The molecule has 0 bridgehead atoms. The van der Waals surface area contributed by atoms with Crippen molar-refractivity contribution < 1.29 is 4.48 Å². The molecule has 1 saturated carbocycles. The van der Waals surface area contributed by atoms with Crippen molar-refractivity contribution in [1.29, 1.82) is 0 Å². The summed E-state index contributed by atoms with van der Waals surface area (Å²) in [6.07, 6.45) is 10.4. The smallest absolute Gasteiger partial charge is 0.139 e. The predicted octanol–water partition coefficient (Wildman–Crippen LogP) is 2.95. The molecule has 0 amide bonds. The molecule has 2 unspecified atom stereocenters. The molecule has 1 aliphatic heterocycles. The van der Waals surface area contributed by atoms with Gasteiger partial charge in [0.2, 0.25) is 0 Å². The van der Waals surface area contributed by atoms with Crippen LogP contribution in [0.15, 0.2) is 0 Å². The molecule has 0 aromatic carbocycles. The molecule has 1 saturated heterocycles. The van der Waals surface area contributed by atoms with E-state index in [9.17, 15) is 0 Å². The Morgan fingerprint density at radius 3 is 2.46 bits per heavy atom. The van der Waals surface area contributed by atoms with Crippen LogP contribution in [-0.2, 0) is 0 Å². The number of quaternary nitrogens is 1. The first-order valence-electron chi connectivity index (χ1n) is 6.12. The van der Waals surface area contributed by atoms with E-state index < -0.39 is 0 Å². The summed E-state index contributed by atoms with van der Waals surface area (Å²) < 4.78 is 1.44. The topological polar surface area (TPSA) is 0 Å². The second-order valence-electron chi connectivity index (χ2n) is 5.26. The summed E-state index contributed by atoms with van der Waals surface area (Å²) in [5.41, 5.74) is 0. The van der Waals surface area contributed by atoms with Crippen molar-refractivity contribution in [3.8, 4) is 0 Å². The van der Waals surface area contributed by atoms with Crippen molar-refractivity contribution in [3.63, 3.8) is 0 Å². The number of rotatable bonds is 3. The third kappa shape index (κ3) is 1.76. The first kappa shape index (κ1) is 9.51. The second-order valence-corrected chi connectivity index (χ2v) is 5.26. The Kier molecular flexibility index (Phi) is 2.64. The average Bonchev–Trinajstić information content (AvgIpc) is 2.81. The van der Waals surface area contributed by atoms with Gasteiger partial charge >= 0.3 is 0 Å². The first-order valence-corrected chi connectivity index (χ1v) is 6.12. The molecule has 13 heavy (non-hydrogen) atoms. The van der Waals surface area contributed by atoms with Gasteiger partial charge in [-0.3, -0.25) is 0 Å². The Hall–Kier alpha value is -0.0400.